The van der Waals surface area contributed by atoms with Gasteiger partial charge in [0.05, 0.1) is 5.69 Å². The van der Waals surface area contributed by atoms with Crippen molar-refractivity contribution in [2.24, 2.45) is 0 Å². The Morgan fingerprint density at radius 3 is 2.67 bits per heavy atom. The number of aromatic nitrogens is 1. The molecule has 2 N–H and O–H groups in total. The summed E-state index contributed by atoms with van der Waals surface area (Å²) in [6.07, 6.45) is 1.58. The number of rotatable bonds is 2. The van der Waals surface area contributed by atoms with Crippen LogP contribution in [0.3, 0.4) is 0 Å². The van der Waals surface area contributed by atoms with Gasteiger partial charge in [-0.05, 0) is 43.7 Å². The highest BCUT2D eigenvalue weighted by molar-refractivity contribution is 6.05. The number of nitrogens with one attached hydrogen (secondary N) is 1. The van der Waals surface area contributed by atoms with Gasteiger partial charge < -0.3 is 10.4 Å². The average molecular weight is 242 g/mol. The number of hydrogen-bond acceptors (Lipinski definition) is 3. The zero-order valence-corrected chi connectivity index (χ0v) is 10.3. The van der Waals surface area contributed by atoms with Crippen LogP contribution in [0.2, 0.25) is 0 Å². The lowest BCUT2D eigenvalue weighted by molar-refractivity contribution is 0.102. The highest BCUT2D eigenvalue weighted by Crippen LogP contribution is 2.24. The van der Waals surface area contributed by atoms with E-state index in [0.717, 1.165) is 11.3 Å². The van der Waals surface area contributed by atoms with E-state index in [2.05, 4.69) is 10.3 Å². The number of carbonyl (C=O) groups excluding carboxylic acids is 1. The second kappa shape index (κ2) is 4.87. The summed E-state index contributed by atoms with van der Waals surface area (Å²) in [7, 11) is 0. The summed E-state index contributed by atoms with van der Waals surface area (Å²) in [5.41, 5.74) is 2.63. The molecule has 0 radical (unpaired) electrons. The molecule has 0 bridgehead atoms. The lowest BCUT2D eigenvalue weighted by Crippen LogP contribution is -2.12. The summed E-state index contributed by atoms with van der Waals surface area (Å²) in [5.74, 6) is -0.200. The molecule has 0 aliphatic heterocycles. The monoisotopic (exact) mass is 242 g/mol. The zero-order valence-electron chi connectivity index (χ0n) is 10.3. The van der Waals surface area contributed by atoms with E-state index in [1.165, 1.54) is 0 Å². The fourth-order valence-electron chi connectivity index (χ4n) is 1.63. The Balaban J connectivity index is 2.21. The fraction of sp³-hybridized carbons (Fsp3) is 0.143. The summed E-state index contributed by atoms with van der Waals surface area (Å²) in [5, 5.41) is 12.4. The van der Waals surface area contributed by atoms with Gasteiger partial charge in [-0.2, -0.15) is 0 Å². The van der Waals surface area contributed by atoms with Crippen LogP contribution in [0.4, 0.5) is 5.69 Å². The van der Waals surface area contributed by atoms with Gasteiger partial charge in [0, 0.05) is 17.5 Å². The van der Waals surface area contributed by atoms with Crippen molar-refractivity contribution in [2.75, 3.05) is 5.32 Å². The minimum atomic E-state index is -0.264. The Morgan fingerprint density at radius 1 is 1.22 bits per heavy atom. The predicted molar refractivity (Wildman–Crippen MR) is 69.8 cm³/mol. The van der Waals surface area contributed by atoms with E-state index in [9.17, 15) is 9.90 Å². The van der Waals surface area contributed by atoms with Gasteiger partial charge in [-0.15, -0.1) is 0 Å². The topological polar surface area (TPSA) is 62.2 Å². The number of anilines is 1. The second-order valence-corrected chi connectivity index (χ2v) is 4.16. The first-order valence-corrected chi connectivity index (χ1v) is 5.60. The van der Waals surface area contributed by atoms with Crippen molar-refractivity contribution in [2.45, 2.75) is 13.8 Å². The van der Waals surface area contributed by atoms with Crippen LogP contribution in [-0.4, -0.2) is 16.0 Å². The van der Waals surface area contributed by atoms with Gasteiger partial charge in [-0.3, -0.25) is 9.78 Å². The van der Waals surface area contributed by atoms with Crippen LogP contribution in [-0.2, 0) is 0 Å². The lowest BCUT2D eigenvalue weighted by Gasteiger charge is -2.08. The maximum absolute atomic E-state index is 12.0. The summed E-state index contributed by atoms with van der Waals surface area (Å²) in [6.45, 7) is 3.69. The predicted octanol–water partition coefficient (Wildman–Crippen LogP) is 2.66. The maximum atomic E-state index is 12.0. The van der Waals surface area contributed by atoms with Gasteiger partial charge in [0.25, 0.3) is 5.91 Å². The number of phenolic OH excluding ortho intramolecular Hbond substituents is 1. The van der Waals surface area contributed by atoms with Crippen molar-refractivity contribution >= 4 is 11.6 Å². The van der Waals surface area contributed by atoms with E-state index in [-0.39, 0.29) is 11.7 Å². The molecule has 2 aromatic rings. The van der Waals surface area contributed by atoms with Crippen molar-refractivity contribution in [1.29, 1.82) is 0 Å². The Bertz CT molecular complexity index is 594. The molecule has 0 spiro atoms. The molecule has 0 aliphatic carbocycles. The molecule has 4 heteroatoms. The minimum absolute atomic E-state index is 0.0640. The number of amides is 1. The minimum Gasteiger partial charge on any atom is -0.506 e. The first-order chi connectivity index (χ1) is 8.56. The SMILES string of the molecule is Cc1ccc(NC(=O)c2ccnc(C)c2)c(O)c1. The molecule has 1 aromatic heterocycles. The van der Waals surface area contributed by atoms with E-state index in [0.29, 0.717) is 11.3 Å². The molecular formula is C14H14N2O2. The summed E-state index contributed by atoms with van der Waals surface area (Å²) in [4.78, 5) is 16.0. The molecule has 92 valence electrons. The van der Waals surface area contributed by atoms with Gasteiger partial charge in [-0.1, -0.05) is 6.07 Å². The maximum Gasteiger partial charge on any atom is 0.255 e. The summed E-state index contributed by atoms with van der Waals surface area (Å²) < 4.78 is 0. The Hall–Kier alpha value is -2.36. The molecular weight excluding hydrogens is 228 g/mol. The van der Waals surface area contributed by atoms with Crippen LogP contribution in [0.25, 0.3) is 0 Å². The van der Waals surface area contributed by atoms with Crippen LogP contribution in [0.15, 0.2) is 36.5 Å². The molecule has 0 saturated carbocycles. The molecule has 0 aliphatic rings. The Kier molecular flexibility index (Phi) is 3.28. The van der Waals surface area contributed by atoms with Crippen molar-refractivity contribution in [3.05, 3.63) is 53.3 Å². The van der Waals surface area contributed by atoms with E-state index in [1.807, 2.05) is 19.9 Å². The first kappa shape index (κ1) is 12.1. The van der Waals surface area contributed by atoms with Crippen LogP contribution in [0.5, 0.6) is 5.75 Å². The molecule has 0 atom stereocenters. The molecule has 0 saturated heterocycles. The summed E-state index contributed by atoms with van der Waals surface area (Å²) >= 11 is 0. The molecule has 2 rings (SSSR count). The average Bonchev–Trinajstić information content (AvgIpc) is 2.32. The first-order valence-electron chi connectivity index (χ1n) is 5.60. The Morgan fingerprint density at radius 2 is 2.00 bits per heavy atom. The molecule has 0 fully saturated rings. The van der Waals surface area contributed by atoms with Crippen LogP contribution < -0.4 is 5.32 Å². The third-order valence-electron chi connectivity index (χ3n) is 2.56. The quantitative estimate of drug-likeness (QED) is 0.796. The van der Waals surface area contributed by atoms with Crippen molar-refractivity contribution in [3.8, 4) is 5.75 Å². The number of aryl methyl sites for hydroxylation is 2. The molecule has 1 heterocycles. The molecule has 4 nitrogen and oxygen atoms in total. The standard InChI is InChI=1S/C14H14N2O2/c1-9-3-4-12(13(17)7-9)16-14(18)11-5-6-15-10(2)8-11/h3-8,17H,1-2H3,(H,16,18). The zero-order chi connectivity index (χ0) is 13.1. The fourth-order valence-corrected chi connectivity index (χ4v) is 1.63. The van der Waals surface area contributed by atoms with E-state index in [4.69, 9.17) is 0 Å². The van der Waals surface area contributed by atoms with Crippen LogP contribution in [0.1, 0.15) is 21.6 Å². The van der Waals surface area contributed by atoms with Crippen LogP contribution >= 0.6 is 0 Å². The highest BCUT2D eigenvalue weighted by Gasteiger charge is 2.09. The molecule has 1 aromatic carbocycles. The van der Waals surface area contributed by atoms with Gasteiger partial charge in [0.2, 0.25) is 0 Å². The Labute approximate surface area is 105 Å². The molecule has 0 unspecified atom stereocenters. The second-order valence-electron chi connectivity index (χ2n) is 4.16. The van der Waals surface area contributed by atoms with Gasteiger partial charge in [0.15, 0.2) is 0 Å². The number of phenols is 1. The molecule has 1 amide bonds. The number of aromatic hydroxyl groups is 1. The number of carbonyl (C=O) groups is 1. The highest BCUT2D eigenvalue weighted by atomic mass is 16.3. The third-order valence-corrected chi connectivity index (χ3v) is 2.56. The normalized spacial score (nSPS) is 10.1. The largest absolute Gasteiger partial charge is 0.506 e. The number of pyridine rings is 1. The van der Waals surface area contributed by atoms with Gasteiger partial charge in [0.1, 0.15) is 5.75 Å². The summed E-state index contributed by atoms with van der Waals surface area (Å²) in [6, 6.07) is 8.44. The van der Waals surface area contributed by atoms with Gasteiger partial charge in [-0.25, -0.2) is 0 Å². The van der Waals surface area contributed by atoms with Crippen molar-refractivity contribution in [3.63, 3.8) is 0 Å². The van der Waals surface area contributed by atoms with Crippen molar-refractivity contribution in [1.82, 2.24) is 4.98 Å². The number of hydrogen-bond donors (Lipinski definition) is 2. The third kappa shape index (κ3) is 2.66. The number of nitrogens with zero attached hydrogens (tertiary/aromatic N) is 1. The van der Waals surface area contributed by atoms with Crippen molar-refractivity contribution < 1.29 is 9.90 Å². The number of benzene rings is 1. The van der Waals surface area contributed by atoms with E-state index in [1.54, 1.807) is 30.5 Å². The van der Waals surface area contributed by atoms with E-state index >= 15 is 0 Å². The molecule has 18 heavy (non-hydrogen) atoms. The van der Waals surface area contributed by atoms with E-state index < -0.39 is 0 Å². The van der Waals surface area contributed by atoms with Crippen LogP contribution in [0, 0.1) is 13.8 Å². The lowest BCUT2D eigenvalue weighted by atomic mass is 10.2. The van der Waals surface area contributed by atoms with Gasteiger partial charge >= 0.3 is 0 Å². The smallest absolute Gasteiger partial charge is 0.255 e.